The molecule has 7 unspecified atom stereocenters. The number of esters is 1. The van der Waals surface area contributed by atoms with Crippen LogP contribution in [0.5, 0.6) is 5.75 Å². The van der Waals surface area contributed by atoms with Crippen molar-refractivity contribution in [3.8, 4) is 17.6 Å². The number of cyclic esters (lactones) is 1. The van der Waals surface area contributed by atoms with Gasteiger partial charge in [-0.1, -0.05) is 132 Å². The molecule has 0 bridgehead atoms. The van der Waals surface area contributed by atoms with Crippen LogP contribution >= 0.6 is 0 Å². The van der Waals surface area contributed by atoms with Crippen molar-refractivity contribution in [2.24, 2.45) is 5.92 Å². The Kier molecular flexibility index (Phi) is 13.6. The molecule has 3 N–H and O–H groups in total. The maximum atomic E-state index is 16.5. The summed E-state index contributed by atoms with van der Waals surface area (Å²) in [6.07, 6.45) is -3.18. The Labute approximate surface area is 414 Å². The molecule has 2 saturated heterocycles. The summed E-state index contributed by atoms with van der Waals surface area (Å²) in [4.78, 5) is 65.2. The van der Waals surface area contributed by atoms with E-state index in [1.54, 1.807) is 77.5 Å². The first-order valence-electron chi connectivity index (χ1n) is 23.6. The second-order valence-corrected chi connectivity index (χ2v) is 17.6. The Balaban J connectivity index is 1.23. The molecule has 4 heterocycles. The van der Waals surface area contributed by atoms with Crippen molar-refractivity contribution < 1.29 is 48.3 Å². The average Bonchev–Trinajstić information content (AvgIpc) is 4.06. The van der Waals surface area contributed by atoms with Crippen molar-refractivity contribution in [1.29, 1.82) is 0 Å². The van der Waals surface area contributed by atoms with Gasteiger partial charge in [0.25, 0.3) is 0 Å². The minimum Gasteiger partial charge on any atom is -0.491 e. The maximum Gasteiger partial charge on any atom is 0.421 e. The number of ether oxygens (including phenoxy) is 4. The van der Waals surface area contributed by atoms with Crippen LogP contribution in [-0.2, 0) is 40.6 Å². The highest BCUT2D eigenvalue weighted by Crippen LogP contribution is 2.66. The van der Waals surface area contributed by atoms with Crippen LogP contribution in [0.3, 0.4) is 0 Å². The van der Waals surface area contributed by atoms with Crippen LogP contribution < -0.4 is 15.0 Å². The number of nitrogens with zero attached hydrogens (tertiary/aromatic N) is 5. The number of hydrogen-bond acceptors (Lipinski definition) is 13. The van der Waals surface area contributed by atoms with E-state index >= 15 is 14.4 Å². The molecule has 2 fully saturated rings. The van der Waals surface area contributed by atoms with Gasteiger partial charge in [0, 0.05) is 19.2 Å². The molecule has 6 aromatic carbocycles. The number of hydrogen-bond donors (Lipinski definition) is 3. The third-order valence-corrected chi connectivity index (χ3v) is 13.5. The average molecular weight is 967 g/mol. The number of benzene rings is 6. The Morgan fingerprint density at radius 3 is 2.26 bits per heavy atom. The number of amides is 3. The number of nitrogens with one attached hydrogen (secondary N) is 1. The first kappa shape index (κ1) is 47.5. The molecule has 1 spiro atoms. The van der Waals surface area contributed by atoms with Crippen LogP contribution in [0, 0.1) is 17.8 Å². The minimum absolute atomic E-state index is 0.0285. The third-order valence-electron chi connectivity index (χ3n) is 13.5. The standard InChI is InChI=1S/C56H50N6O10/c1-69-31-32-71-55(68)61-44-27-26-36(15-14-28-60-45-25-12-11-24-43(45)58-59-60)33-42(44)56(54(61)67)47(52(65)57-35-46(64)37-16-5-2-6-17-37)49-53(66)72-50(39-20-9-4-10-21-39)48(38-18-7-3-8-19-38)62(49)51(56)40-22-13-23-41(34-40)70-30-29-63/h2-13,16-27,33-34,46-51,63-64H,28-32,35H2,1H3,(H,57,65). The summed E-state index contributed by atoms with van der Waals surface area (Å²) in [5.41, 5.74) is 2.43. The molecular weight excluding hydrogens is 917 g/mol. The molecule has 0 saturated carbocycles. The number of imide groups is 1. The molecule has 3 aliphatic rings. The number of para-hydroxylation sites is 1. The lowest BCUT2D eigenvalue weighted by molar-refractivity contribution is -0.178. The van der Waals surface area contributed by atoms with Gasteiger partial charge in [-0.15, -0.1) is 5.10 Å². The molecule has 7 aromatic rings. The van der Waals surface area contributed by atoms with Crippen LogP contribution in [0.1, 0.15) is 57.7 Å². The summed E-state index contributed by atoms with van der Waals surface area (Å²) in [5.74, 6) is 2.70. The third kappa shape index (κ3) is 8.62. The second kappa shape index (κ2) is 20.6. The minimum atomic E-state index is -2.14. The second-order valence-electron chi connectivity index (χ2n) is 17.6. The molecule has 16 nitrogen and oxygen atoms in total. The van der Waals surface area contributed by atoms with Crippen molar-refractivity contribution in [1.82, 2.24) is 25.2 Å². The van der Waals surface area contributed by atoms with Gasteiger partial charge in [-0.25, -0.2) is 14.4 Å². The normalized spacial score (nSPS) is 21.6. The van der Waals surface area contributed by atoms with Gasteiger partial charge in [0.05, 0.1) is 48.5 Å². The molecular formula is C56H50N6O10. The monoisotopic (exact) mass is 966 g/mol. The number of aromatic nitrogens is 3. The van der Waals surface area contributed by atoms with E-state index in [0.717, 1.165) is 10.4 Å². The fraction of sp³-hybridized carbons (Fsp3) is 0.250. The summed E-state index contributed by atoms with van der Waals surface area (Å²) in [7, 11) is 1.45. The van der Waals surface area contributed by atoms with Gasteiger partial charge in [-0.2, -0.15) is 0 Å². The number of fused-ring (bicyclic) bond motifs is 4. The number of aliphatic hydroxyl groups is 2. The summed E-state index contributed by atoms with van der Waals surface area (Å²) < 4.78 is 25.2. The first-order valence-corrected chi connectivity index (χ1v) is 23.6. The summed E-state index contributed by atoms with van der Waals surface area (Å²) in [6, 6.07) is 43.2. The summed E-state index contributed by atoms with van der Waals surface area (Å²) in [5, 5.41) is 32.8. The smallest absolute Gasteiger partial charge is 0.421 e. The van der Waals surface area contributed by atoms with Crippen molar-refractivity contribution in [2.45, 2.75) is 42.3 Å². The topological polar surface area (TPSA) is 195 Å². The number of carbonyl (C=O) groups is 4. The van der Waals surface area contributed by atoms with Gasteiger partial charge >= 0.3 is 12.1 Å². The number of carbonyl (C=O) groups excluding carboxylic acids is 4. The molecule has 10 rings (SSSR count). The zero-order valence-corrected chi connectivity index (χ0v) is 39.1. The lowest BCUT2D eigenvalue weighted by Crippen LogP contribution is -2.56. The van der Waals surface area contributed by atoms with E-state index in [2.05, 4.69) is 27.5 Å². The van der Waals surface area contributed by atoms with Gasteiger partial charge in [-0.3, -0.25) is 19.3 Å². The van der Waals surface area contributed by atoms with E-state index in [0.29, 0.717) is 39.1 Å². The number of aliphatic hydroxyl groups excluding tert-OH is 2. The predicted octanol–water partition coefficient (Wildman–Crippen LogP) is 6.15. The van der Waals surface area contributed by atoms with E-state index in [-0.39, 0.29) is 50.8 Å². The molecule has 16 heteroatoms. The first-order chi connectivity index (χ1) is 35.2. The Bertz CT molecular complexity index is 3180. The molecule has 3 amide bonds. The van der Waals surface area contributed by atoms with Gasteiger partial charge in [0.15, 0.2) is 0 Å². The highest BCUT2D eigenvalue weighted by molar-refractivity contribution is 6.23. The number of morpholine rings is 1. The zero-order chi connectivity index (χ0) is 49.8. The summed E-state index contributed by atoms with van der Waals surface area (Å²) >= 11 is 0. The Hall–Kier alpha value is -8.20. The fourth-order valence-corrected chi connectivity index (χ4v) is 10.5. The van der Waals surface area contributed by atoms with Crippen molar-refractivity contribution >= 4 is 40.6 Å². The molecule has 3 aliphatic heterocycles. The molecule has 7 atom stereocenters. The van der Waals surface area contributed by atoms with Gasteiger partial charge < -0.3 is 34.5 Å². The molecule has 0 aliphatic carbocycles. The predicted molar refractivity (Wildman–Crippen MR) is 263 cm³/mol. The quantitative estimate of drug-likeness (QED) is 0.0639. The lowest BCUT2D eigenvalue weighted by atomic mass is 9.65. The number of methoxy groups -OCH3 is 1. The maximum absolute atomic E-state index is 16.5. The van der Waals surface area contributed by atoms with Gasteiger partial charge in [0.2, 0.25) is 11.8 Å². The number of anilines is 1. The van der Waals surface area contributed by atoms with Crippen LogP contribution in [0.4, 0.5) is 10.5 Å². The molecule has 1 aromatic heterocycles. The largest absolute Gasteiger partial charge is 0.491 e. The van der Waals surface area contributed by atoms with E-state index in [4.69, 9.17) is 18.9 Å². The van der Waals surface area contributed by atoms with E-state index in [1.165, 1.54) is 7.11 Å². The van der Waals surface area contributed by atoms with Crippen LogP contribution in [-0.4, -0.2) is 100 Å². The fourth-order valence-electron chi connectivity index (χ4n) is 10.5. The molecule has 364 valence electrons. The van der Waals surface area contributed by atoms with Crippen molar-refractivity contribution in [2.75, 3.05) is 45.0 Å². The Morgan fingerprint density at radius 1 is 0.806 bits per heavy atom. The lowest BCUT2D eigenvalue weighted by Gasteiger charge is -2.46. The summed E-state index contributed by atoms with van der Waals surface area (Å²) in [6.45, 7) is -0.656. The van der Waals surface area contributed by atoms with E-state index < -0.39 is 65.5 Å². The van der Waals surface area contributed by atoms with Gasteiger partial charge in [0.1, 0.15) is 48.6 Å². The molecule has 0 radical (unpaired) electrons. The molecule has 72 heavy (non-hydrogen) atoms. The van der Waals surface area contributed by atoms with Crippen LogP contribution in [0.2, 0.25) is 0 Å². The SMILES string of the molecule is COCCOC(=O)N1C(=O)C2(c3cc(C#CCn4nnc5ccccc54)ccc31)C(C(=O)NCC(O)c1ccccc1)C1C(=O)OC(c3ccccc3)C(c3ccccc3)N1C2c1cccc(OCCO)c1. The number of rotatable bonds is 14. The zero-order valence-electron chi connectivity index (χ0n) is 39.1. The van der Waals surface area contributed by atoms with Crippen molar-refractivity contribution in [3.05, 3.63) is 191 Å². The van der Waals surface area contributed by atoms with Gasteiger partial charge in [-0.05, 0) is 70.3 Å². The van der Waals surface area contributed by atoms with Crippen LogP contribution in [0.25, 0.3) is 11.0 Å². The highest BCUT2D eigenvalue weighted by atomic mass is 16.6. The Morgan fingerprint density at radius 2 is 1.51 bits per heavy atom. The van der Waals surface area contributed by atoms with E-state index in [9.17, 15) is 15.0 Å². The highest BCUT2D eigenvalue weighted by Gasteiger charge is 2.75. The van der Waals surface area contributed by atoms with E-state index in [1.807, 2.05) is 89.8 Å². The van der Waals surface area contributed by atoms with Crippen molar-refractivity contribution in [3.63, 3.8) is 0 Å². The van der Waals surface area contributed by atoms with Crippen LogP contribution in [0.15, 0.2) is 158 Å².